The Morgan fingerprint density at radius 2 is 2.12 bits per heavy atom. The van der Waals surface area contributed by atoms with Crippen molar-refractivity contribution in [3.05, 3.63) is 51.3 Å². The van der Waals surface area contributed by atoms with Crippen LogP contribution in [0.4, 0.5) is 10.6 Å². The van der Waals surface area contributed by atoms with Crippen molar-refractivity contribution in [3.63, 3.8) is 0 Å². The maximum atomic E-state index is 12.1. The molecule has 0 atom stereocenters. The van der Waals surface area contributed by atoms with Crippen molar-refractivity contribution in [2.75, 3.05) is 5.32 Å². The molecule has 2 aromatic heterocycles. The fraction of sp³-hybridized carbons (Fsp3) is 0.125. The van der Waals surface area contributed by atoms with Crippen molar-refractivity contribution in [2.45, 2.75) is 6.61 Å². The molecule has 0 bridgehead atoms. The van der Waals surface area contributed by atoms with Gasteiger partial charge in [-0.1, -0.05) is 30.3 Å². The summed E-state index contributed by atoms with van der Waals surface area (Å²) in [4.78, 5) is 20.2. The maximum Gasteiger partial charge on any atom is 0.413 e. The lowest BCUT2D eigenvalue weighted by atomic mass is 10.2. The molecule has 25 heavy (non-hydrogen) atoms. The van der Waals surface area contributed by atoms with Gasteiger partial charge in [0.15, 0.2) is 5.82 Å². The molecule has 1 amide bonds. The number of carbonyl (C=O) groups excluding carboxylic acids is 1. The van der Waals surface area contributed by atoms with Crippen molar-refractivity contribution in [2.24, 2.45) is 7.05 Å². The normalized spacial score (nSPS) is 10.5. The number of nitriles is 1. The lowest BCUT2D eigenvalue weighted by molar-refractivity contribution is 0.155. The molecule has 0 spiro atoms. The van der Waals surface area contributed by atoms with E-state index in [0.29, 0.717) is 21.2 Å². The molecule has 0 aliphatic carbocycles. The lowest BCUT2D eigenvalue weighted by Crippen LogP contribution is -2.15. The number of fused-ring (bicyclic) bond motifs is 1. The molecule has 2 heterocycles. The van der Waals surface area contributed by atoms with E-state index >= 15 is 0 Å². The predicted molar refractivity (Wildman–Crippen MR) is 96.2 cm³/mol. The summed E-state index contributed by atoms with van der Waals surface area (Å²) in [6, 6.07) is 11.3. The van der Waals surface area contributed by atoms with Crippen LogP contribution in [0.1, 0.15) is 11.1 Å². The van der Waals surface area contributed by atoms with Gasteiger partial charge < -0.3 is 9.30 Å². The van der Waals surface area contributed by atoms with E-state index in [0.717, 1.165) is 5.56 Å². The van der Waals surface area contributed by atoms with Crippen LogP contribution in [-0.4, -0.2) is 20.6 Å². The van der Waals surface area contributed by atoms with E-state index < -0.39 is 6.09 Å². The van der Waals surface area contributed by atoms with E-state index in [2.05, 4.69) is 37.3 Å². The van der Waals surface area contributed by atoms with Crippen molar-refractivity contribution < 1.29 is 9.53 Å². The molecule has 0 aliphatic rings. The van der Waals surface area contributed by atoms with E-state index in [1.54, 1.807) is 11.6 Å². The highest BCUT2D eigenvalue weighted by Gasteiger charge is 2.21. The summed E-state index contributed by atoms with van der Waals surface area (Å²) < 4.78 is 7.33. The summed E-state index contributed by atoms with van der Waals surface area (Å²) in [7, 11) is 1.72. The number of nitrogens with one attached hydrogen (secondary N) is 1. The van der Waals surface area contributed by atoms with Crippen LogP contribution in [0.2, 0.25) is 5.28 Å². The Morgan fingerprint density at radius 1 is 1.40 bits per heavy atom. The molecule has 0 fully saturated rings. The number of amides is 1. The van der Waals surface area contributed by atoms with Gasteiger partial charge in [0.05, 0.1) is 10.9 Å². The van der Waals surface area contributed by atoms with Gasteiger partial charge in [-0.25, -0.2) is 4.79 Å². The number of hydrogen-bond donors (Lipinski definition) is 1. The molecular formula is C16H11BrClN5O2. The molecule has 0 unspecified atom stereocenters. The van der Waals surface area contributed by atoms with Crippen molar-refractivity contribution in [1.29, 1.82) is 5.26 Å². The fourth-order valence-electron chi connectivity index (χ4n) is 2.31. The zero-order valence-corrected chi connectivity index (χ0v) is 15.3. The minimum Gasteiger partial charge on any atom is -0.444 e. The van der Waals surface area contributed by atoms with E-state index in [1.807, 2.05) is 30.3 Å². The number of hydrogen-bond acceptors (Lipinski definition) is 5. The molecule has 0 saturated carbocycles. The van der Waals surface area contributed by atoms with Crippen LogP contribution in [0.15, 0.2) is 34.9 Å². The van der Waals surface area contributed by atoms with Crippen LogP contribution in [0.5, 0.6) is 0 Å². The first-order valence-electron chi connectivity index (χ1n) is 7.10. The standard InChI is InChI=1S/C16H11BrClN5O2/c1-23-12(17)10(7-19)11-13(20-15(18)22-14(11)23)21-16(24)25-8-9-5-3-2-4-6-9/h2-6H,8H2,1H3,(H,20,21,22,24). The molecule has 9 heteroatoms. The monoisotopic (exact) mass is 419 g/mol. The molecule has 0 saturated heterocycles. The Bertz CT molecular complexity index is 997. The molecule has 1 N–H and O–H groups in total. The second-order valence-electron chi connectivity index (χ2n) is 5.06. The summed E-state index contributed by atoms with van der Waals surface area (Å²) in [5.41, 5.74) is 1.57. The van der Waals surface area contributed by atoms with Gasteiger partial charge in [-0.15, -0.1) is 0 Å². The van der Waals surface area contributed by atoms with Crippen LogP contribution in [-0.2, 0) is 18.4 Å². The van der Waals surface area contributed by atoms with Gasteiger partial charge in [0, 0.05) is 7.05 Å². The third-order valence-electron chi connectivity index (χ3n) is 3.48. The van der Waals surface area contributed by atoms with E-state index in [9.17, 15) is 10.1 Å². The fourth-order valence-corrected chi connectivity index (χ4v) is 2.93. The van der Waals surface area contributed by atoms with Crippen LogP contribution in [0.25, 0.3) is 11.0 Å². The Hall–Kier alpha value is -2.63. The third kappa shape index (κ3) is 3.43. The average molecular weight is 421 g/mol. The number of nitrogens with zero attached hydrogens (tertiary/aromatic N) is 4. The molecule has 0 radical (unpaired) electrons. The van der Waals surface area contributed by atoms with Gasteiger partial charge in [0.1, 0.15) is 22.9 Å². The maximum absolute atomic E-state index is 12.1. The molecule has 126 valence electrons. The lowest BCUT2D eigenvalue weighted by Gasteiger charge is -2.08. The smallest absolute Gasteiger partial charge is 0.413 e. The molecule has 0 aliphatic heterocycles. The number of carbonyl (C=O) groups is 1. The van der Waals surface area contributed by atoms with Gasteiger partial charge in [0.2, 0.25) is 5.28 Å². The number of aryl methyl sites for hydroxylation is 1. The Balaban J connectivity index is 1.89. The van der Waals surface area contributed by atoms with Crippen LogP contribution >= 0.6 is 27.5 Å². The largest absolute Gasteiger partial charge is 0.444 e. The molecular weight excluding hydrogens is 410 g/mol. The van der Waals surface area contributed by atoms with Crippen molar-refractivity contribution in [1.82, 2.24) is 14.5 Å². The van der Waals surface area contributed by atoms with E-state index in [1.165, 1.54) is 0 Å². The number of aromatic nitrogens is 3. The number of rotatable bonds is 3. The average Bonchev–Trinajstić information content (AvgIpc) is 2.85. The first-order chi connectivity index (χ1) is 12.0. The molecule has 3 aromatic rings. The predicted octanol–water partition coefficient (Wildman–Crippen LogP) is 4.00. The number of anilines is 1. The van der Waals surface area contributed by atoms with Gasteiger partial charge in [-0.2, -0.15) is 15.2 Å². The zero-order chi connectivity index (χ0) is 18.0. The van der Waals surface area contributed by atoms with Crippen LogP contribution in [0.3, 0.4) is 0 Å². The topological polar surface area (TPSA) is 92.8 Å². The van der Waals surface area contributed by atoms with Gasteiger partial charge in [-0.3, -0.25) is 5.32 Å². The zero-order valence-electron chi connectivity index (χ0n) is 13.0. The summed E-state index contributed by atoms with van der Waals surface area (Å²) in [6.07, 6.45) is -0.705. The minimum atomic E-state index is -0.705. The Kier molecular flexibility index (Phi) is 4.88. The highest BCUT2D eigenvalue weighted by molar-refractivity contribution is 9.10. The van der Waals surface area contributed by atoms with E-state index in [-0.39, 0.29) is 17.7 Å². The highest BCUT2D eigenvalue weighted by atomic mass is 79.9. The first-order valence-corrected chi connectivity index (χ1v) is 8.27. The summed E-state index contributed by atoms with van der Waals surface area (Å²) in [6.45, 7) is 0.109. The van der Waals surface area contributed by atoms with Gasteiger partial charge >= 0.3 is 6.09 Å². The Morgan fingerprint density at radius 3 is 2.80 bits per heavy atom. The van der Waals surface area contributed by atoms with Crippen molar-refractivity contribution >= 4 is 50.5 Å². The van der Waals surface area contributed by atoms with Crippen LogP contribution in [0, 0.1) is 11.3 Å². The number of benzene rings is 1. The van der Waals surface area contributed by atoms with Gasteiger partial charge in [0.25, 0.3) is 0 Å². The summed E-state index contributed by atoms with van der Waals surface area (Å²) >= 11 is 9.26. The van der Waals surface area contributed by atoms with Gasteiger partial charge in [-0.05, 0) is 33.1 Å². The third-order valence-corrected chi connectivity index (χ3v) is 4.57. The SMILES string of the molecule is Cn1c(Br)c(C#N)c2c(NC(=O)OCc3ccccc3)nc(Cl)nc21. The summed E-state index contributed by atoms with van der Waals surface area (Å²) in [5.74, 6) is 0.117. The highest BCUT2D eigenvalue weighted by Crippen LogP contribution is 2.32. The quantitative estimate of drug-likeness (QED) is 0.646. The molecule has 1 aromatic carbocycles. The Labute approximate surface area is 156 Å². The number of halogens is 2. The van der Waals surface area contributed by atoms with Crippen molar-refractivity contribution in [3.8, 4) is 6.07 Å². The number of ether oxygens (including phenoxy) is 1. The molecule has 7 nitrogen and oxygen atoms in total. The molecule has 3 rings (SSSR count). The van der Waals surface area contributed by atoms with Crippen LogP contribution < -0.4 is 5.32 Å². The second kappa shape index (κ2) is 7.09. The first kappa shape index (κ1) is 17.2. The van der Waals surface area contributed by atoms with E-state index in [4.69, 9.17) is 16.3 Å². The second-order valence-corrected chi connectivity index (χ2v) is 6.15. The minimum absolute atomic E-state index is 0.0524. The summed E-state index contributed by atoms with van der Waals surface area (Å²) in [5, 5.41) is 12.2.